The molecule has 0 aliphatic carbocycles. The first-order valence-corrected chi connectivity index (χ1v) is 22.9. The van der Waals surface area contributed by atoms with Gasteiger partial charge in [0.2, 0.25) is 10.3 Å². The lowest BCUT2D eigenvalue weighted by molar-refractivity contribution is -0.137. The number of benzene rings is 4. The van der Waals surface area contributed by atoms with Gasteiger partial charge in [-0.2, -0.15) is 21.9 Å². The number of carbonyl (C=O) groups is 2. The molecule has 4 heterocycles. The smallest absolute Gasteiger partial charge is 0.416 e. The van der Waals surface area contributed by atoms with E-state index < -0.39 is 17.6 Å². The zero-order chi connectivity index (χ0) is 46.5. The molecule has 17 heteroatoms. The highest BCUT2D eigenvalue weighted by atomic mass is 32.1. The first kappa shape index (κ1) is 47.0. The van der Waals surface area contributed by atoms with E-state index in [1.54, 1.807) is 24.1 Å². The minimum atomic E-state index is -4.50. The molecule has 11 nitrogen and oxygen atoms in total. The van der Waals surface area contributed by atoms with E-state index in [0.29, 0.717) is 44.8 Å². The van der Waals surface area contributed by atoms with Crippen molar-refractivity contribution in [3.63, 3.8) is 0 Å². The van der Waals surface area contributed by atoms with Crippen molar-refractivity contribution in [3.8, 4) is 5.75 Å². The van der Waals surface area contributed by atoms with Crippen molar-refractivity contribution in [2.24, 2.45) is 0 Å². The first-order chi connectivity index (χ1) is 30.9. The summed E-state index contributed by atoms with van der Waals surface area (Å²) < 4.78 is 66.3. The monoisotopic (exact) mass is 928 g/mol. The second-order valence-corrected chi connectivity index (χ2v) is 18.8. The molecule has 2 atom stereocenters. The molecule has 0 radical (unpaired) electrons. The Bertz CT molecular complexity index is 2560. The molecule has 2 saturated heterocycles. The topological polar surface area (TPSA) is 108 Å². The summed E-state index contributed by atoms with van der Waals surface area (Å²) in [6.45, 7) is 14.0. The fraction of sp³-hybridized carbons (Fsp3) is 0.375. The van der Waals surface area contributed by atoms with E-state index in [1.165, 1.54) is 52.9 Å². The van der Waals surface area contributed by atoms with E-state index in [4.69, 9.17) is 9.72 Å². The second kappa shape index (κ2) is 20.1. The van der Waals surface area contributed by atoms with E-state index >= 15 is 0 Å². The predicted octanol–water partition coefficient (Wildman–Crippen LogP) is 9.42. The summed E-state index contributed by atoms with van der Waals surface area (Å²) in [5.41, 5.74) is 3.28. The summed E-state index contributed by atoms with van der Waals surface area (Å²) >= 11 is 2.68. The summed E-state index contributed by atoms with van der Waals surface area (Å²) in [4.78, 5) is 43.2. The van der Waals surface area contributed by atoms with Crippen molar-refractivity contribution in [3.05, 3.63) is 148 Å². The number of halogens is 4. The van der Waals surface area contributed by atoms with Crippen LogP contribution in [0.1, 0.15) is 89.2 Å². The van der Waals surface area contributed by atoms with Crippen molar-refractivity contribution >= 4 is 45.1 Å². The molecule has 2 aromatic heterocycles. The standard InChI is InChI=1S/C26H32N4O2S.C22H20F4N4OS/c1-18-17-29(25-27-23(28-33-25)16-19-7-6-8-22(15-19)32-5)13-14-30(18)24(31)20-9-11-21(12-10-20)26(2,3)4;1-14-13-29(21-27-19(28-32-21)11-15-5-7-18(23)8-6-15)9-10-30(14)20(31)16-3-2-4-17(12-16)22(24,25)26/h6-12,15,18H,13-14,16-17H2,1-5H3;2-8,12,14H,9-11,13H2,1H3. The molecular formula is C48H52F4N8O3S2. The molecule has 6 aromatic rings. The zero-order valence-electron chi connectivity index (χ0n) is 37.2. The zero-order valence-corrected chi connectivity index (χ0v) is 38.8. The summed E-state index contributed by atoms with van der Waals surface area (Å²) in [6, 6.07) is 26.6. The van der Waals surface area contributed by atoms with Gasteiger partial charge in [0.1, 0.15) is 23.2 Å². The Morgan fingerprint density at radius 1 is 0.662 bits per heavy atom. The third-order valence-corrected chi connectivity index (χ3v) is 13.1. The van der Waals surface area contributed by atoms with E-state index in [0.717, 1.165) is 63.7 Å². The van der Waals surface area contributed by atoms with Gasteiger partial charge in [-0.15, -0.1) is 0 Å². The SMILES string of the molecule is CC1CN(c2nc(Cc3ccc(F)cc3)ns2)CCN1C(=O)c1cccc(C(F)(F)F)c1.COc1cccc(Cc2nsc(N3CCN(C(=O)c4ccc(C(C)(C)C)cc4)C(C)C3)n2)c1. The Labute approximate surface area is 385 Å². The van der Waals surface area contributed by atoms with Gasteiger partial charge in [0, 0.05) is 98.4 Å². The van der Waals surface area contributed by atoms with Gasteiger partial charge in [-0.05, 0) is 90.6 Å². The molecule has 342 valence electrons. The summed E-state index contributed by atoms with van der Waals surface area (Å²) in [7, 11) is 1.67. The number of hydrogen-bond acceptors (Lipinski definition) is 11. The van der Waals surface area contributed by atoms with Gasteiger partial charge in [0.15, 0.2) is 0 Å². The average Bonchev–Trinajstić information content (AvgIpc) is 3.96. The van der Waals surface area contributed by atoms with E-state index in [-0.39, 0.29) is 34.8 Å². The number of nitrogens with zero attached hydrogens (tertiary/aromatic N) is 8. The van der Waals surface area contributed by atoms with Crippen molar-refractivity contribution in [1.82, 2.24) is 28.5 Å². The number of amides is 2. The number of ether oxygens (including phenoxy) is 1. The van der Waals surface area contributed by atoms with Gasteiger partial charge in [-0.1, -0.05) is 63.2 Å². The van der Waals surface area contributed by atoms with Crippen LogP contribution in [0.5, 0.6) is 5.75 Å². The molecule has 2 amide bonds. The van der Waals surface area contributed by atoms with E-state index in [1.807, 2.05) is 47.1 Å². The number of methoxy groups -OCH3 is 1. The molecule has 8 rings (SSSR count). The Morgan fingerprint density at radius 3 is 1.72 bits per heavy atom. The lowest BCUT2D eigenvalue weighted by Crippen LogP contribution is -2.54. The number of alkyl halides is 3. The average molecular weight is 929 g/mol. The molecule has 4 aromatic carbocycles. The van der Waals surface area contributed by atoms with Gasteiger partial charge in [-0.3, -0.25) is 9.59 Å². The minimum Gasteiger partial charge on any atom is -0.497 e. The van der Waals surface area contributed by atoms with Crippen LogP contribution in [-0.4, -0.2) is 98.8 Å². The molecule has 0 N–H and O–H groups in total. The largest absolute Gasteiger partial charge is 0.497 e. The van der Waals surface area contributed by atoms with Gasteiger partial charge in [0.25, 0.3) is 11.8 Å². The summed E-state index contributed by atoms with van der Waals surface area (Å²) in [5.74, 6) is 1.66. The molecule has 2 fully saturated rings. The molecule has 0 saturated carbocycles. The van der Waals surface area contributed by atoms with Crippen molar-refractivity contribution in [2.45, 2.75) is 71.1 Å². The number of aromatic nitrogens is 4. The summed E-state index contributed by atoms with van der Waals surface area (Å²) in [5, 5.41) is 1.64. The predicted molar refractivity (Wildman–Crippen MR) is 247 cm³/mol. The Morgan fingerprint density at radius 2 is 1.20 bits per heavy atom. The Hall–Kier alpha value is -5.94. The molecule has 2 aliphatic heterocycles. The van der Waals surface area contributed by atoms with E-state index in [2.05, 4.69) is 64.5 Å². The van der Waals surface area contributed by atoms with Crippen molar-refractivity contribution in [1.29, 1.82) is 0 Å². The van der Waals surface area contributed by atoms with Crippen molar-refractivity contribution in [2.75, 3.05) is 56.2 Å². The van der Waals surface area contributed by atoms with Crippen molar-refractivity contribution < 1.29 is 31.9 Å². The van der Waals surface area contributed by atoms with Crippen LogP contribution in [0, 0.1) is 5.82 Å². The number of hydrogen-bond donors (Lipinski definition) is 0. The van der Waals surface area contributed by atoms with Gasteiger partial charge < -0.3 is 24.3 Å². The molecule has 2 aliphatic rings. The van der Waals surface area contributed by atoms with E-state index in [9.17, 15) is 27.2 Å². The lowest BCUT2D eigenvalue weighted by atomic mass is 9.86. The van der Waals surface area contributed by atoms with Crippen LogP contribution in [0.2, 0.25) is 0 Å². The molecule has 0 bridgehead atoms. The van der Waals surface area contributed by atoms with Gasteiger partial charge >= 0.3 is 6.18 Å². The number of piperazine rings is 2. The molecule has 65 heavy (non-hydrogen) atoms. The maximum absolute atomic E-state index is 13.1. The highest BCUT2D eigenvalue weighted by Crippen LogP contribution is 2.31. The second-order valence-electron chi connectivity index (χ2n) is 17.3. The van der Waals surface area contributed by atoms with Gasteiger partial charge in [0.05, 0.1) is 12.7 Å². The quantitative estimate of drug-likeness (QED) is 0.131. The Kier molecular flexibility index (Phi) is 14.5. The van der Waals surface area contributed by atoms with Gasteiger partial charge in [-0.25, -0.2) is 14.4 Å². The maximum atomic E-state index is 13.1. The third-order valence-electron chi connectivity index (χ3n) is 11.4. The number of rotatable bonds is 9. The maximum Gasteiger partial charge on any atom is 0.416 e. The highest BCUT2D eigenvalue weighted by Gasteiger charge is 2.34. The van der Waals surface area contributed by atoms with Crippen LogP contribution in [0.3, 0.4) is 0 Å². The lowest BCUT2D eigenvalue weighted by Gasteiger charge is -2.39. The highest BCUT2D eigenvalue weighted by molar-refractivity contribution is 7.10. The summed E-state index contributed by atoms with van der Waals surface area (Å²) in [6.07, 6.45) is -3.34. The Balaban J connectivity index is 0.000000194. The minimum absolute atomic E-state index is 0.0256. The fourth-order valence-electron chi connectivity index (χ4n) is 7.78. The molecular weight excluding hydrogens is 877 g/mol. The van der Waals surface area contributed by atoms with Crippen LogP contribution < -0.4 is 14.5 Å². The van der Waals surface area contributed by atoms with Crippen LogP contribution >= 0.6 is 23.1 Å². The van der Waals surface area contributed by atoms with Crippen LogP contribution in [-0.2, 0) is 24.4 Å². The molecule has 0 spiro atoms. The third kappa shape index (κ3) is 11.9. The molecule has 2 unspecified atom stereocenters. The number of carbonyl (C=O) groups excluding carboxylic acids is 2. The van der Waals surface area contributed by atoms with Crippen LogP contribution in [0.25, 0.3) is 0 Å². The normalized spacial score (nSPS) is 16.8. The van der Waals surface area contributed by atoms with Crippen LogP contribution in [0.4, 0.5) is 27.8 Å². The first-order valence-electron chi connectivity index (χ1n) is 21.4. The number of anilines is 2. The fourth-order valence-corrected chi connectivity index (χ4v) is 9.22. The van der Waals surface area contributed by atoms with Crippen LogP contribution in [0.15, 0.2) is 97.1 Å².